The topological polar surface area (TPSA) is 72.8 Å². The normalized spacial score (nSPS) is 15.1. The highest BCUT2D eigenvalue weighted by molar-refractivity contribution is 7.47. The molecule has 110 valence electrons. The van der Waals surface area contributed by atoms with Crippen molar-refractivity contribution in [1.29, 1.82) is 0 Å². The number of phosphoric acid groups is 1. The summed E-state index contributed by atoms with van der Waals surface area (Å²) in [5.74, 6) is -0.409. The van der Waals surface area contributed by atoms with Crippen molar-refractivity contribution in [2.24, 2.45) is 0 Å². The lowest BCUT2D eigenvalue weighted by Crippen LogP contribution is -2.15. The Bertz CT molecular complexity index is 642. The molecule has 0 saturated heterocycles. The average Bonchev–Trinajstić information content (AvgIpc) is 2.54. The molecule has 2 atom stereocenters. The molecule has 0 aliphatic heterocycles. The van der Waals surface area contributed by atoms with Gasteiger partial charge in [-0.3, -0.25) is 13.8 Å². The molecule has 0 spiro atoms. The zero-order valence-corrected chi connectivity index (χ0v) is 12.3. The smallest absolute Gasteiger partial charge is 0.302 e. The Hall–Kier alpha value is -1.78. The number of hydrogen-bond donors (Lipinski definition) is 1. The molecule has 1 N–H and O–H groups in total. The lowest BCUT2D eigenvalue weighted by molar-refractivity contribution is 0.0687. The van der Waals surface area contributed by atoms with Crippen LogP contribution in [0.2, 0.25) is 0 Å². The van der Waals surface area contributed by atoms with Gasteiger partial charge in [-0.2, -0.15) is 0 Å². The minimum absolute atomic E-state index is 0.391. The van der Waals surface area contributed by atoms with Crippen molar-refractivity contribution in [3.05, 3.63) is 71.8 Å². The predicted molar refractivity (Wildman–Crippen MR) is 77.9 cm³/mol. The van der Waals surface area contributed by atoms with Crippen molar-refractivity contribution in [1.82, 2.24) is 0 Å². The van der Waals surface area contributed by atoms with Crippen molar-refractivity contribution >= 4 is 13.6 Å². The van der Waals surface area contributed by atoms with Crippen LogP contribution in [0, 0.1) is 0 Å². The van der Waals surface area contributed by atoms with E-state index < -0.39 is 19.7 Å². The van der Waals surface area contributed by atoms with Crippen LogP contribution in [0.4, 0.5) is 0 Å². The van der Waals surface area contributed by atoms with Crippen LogP contribution in [0.1, 0.15) is 22.0 Å². The summed E-state index contributed by atoms with van der Waals surface area (Å²) in [6, 6.07) is 17.0. The SMILES string of the molecule is COP(=O)(O)OC(C(=O)c1ccccc1)c1ccccc1. The largest absolute Gasteiger partial charge is 0.472 e. The molecule has 0 aromatic heterocycles. The number of Topliss-reactive ketones (excluding diaryl/α,β-unsaturated/α-hetero) is 1. The van der Waals surface area contributed by atoms with Gasteiger partial charge in [0, 0.05) is 12.7 Å². The highest BCUT2D eigenvalue weighted by Crippen LogP contribution is 2.47. The van der Waals surface area contributed by atoms with E-state index in [1.165, 1.54) is 0 Å². The van der Waals surface area contributed by atoms with E-state index in [0.717, 1.165) is 7.11 Å². The maximum absolute atomic E-state index is 12.5. The first-order valence-corrected chi connectivity index (χ1v) is 7.74. The number of carbonyl (C=O) groups excluding carboxylic acids is 1. The first kappa shape index (κ1) is 15.6. The van der Waals surface area contributed by atoms with Gasteiger partial charge >= 0.3 is 7.82 Å². The van der Waals surface area contributed by atoms with E-state index >= 15 is 0 Å². The predicted octanol–water partition coefficient (Wildman–Crippen LogP) is 3.37. The summed E-state index contributed by atoms with van der Waals surface area (Å²) in [4.78, 5) is 22.0. The van der Waals surface area contributed by atoms with Crippen LogP contribution >= 0.6 is 7.82 Å². The molecule has 2 unspecified atom stereocenters. The van der Waals surface area contributed by atoms with Crippen LogP contribution in [-0.4, -0.2) is 17.8 Å². The maximum atomic E-state index is 12.5. The summed E-state index contributed by atoms with van der Waals surface area (Å²) >= 11 is 0. The van der Waals surface area contributed by atoms with Crippen LogP contribution in [0.5, 0.6) is 0 Å². The van der Waals surface area contributed by atoms with Gasteiger partial charge in [0.25, 0.3) is 0 Å². The highest BCUT2D eigenvalue weighted by Gasteiger charge is 2.31. The quantitative estimate of drug-likeness (QED) is 0.654. The first-order chi connectivity index (χ1) is 10.0. The Morgan fingerprint density at radius 2 is 1.57 bits per heavy atom. The molecule has 0 fully saturated rings. The van der Waals surface area contributed by atoms with E-state index in [9.17, 15) is 14.3 Å². The Kier molecular flexibility index (Phi) is 5.04. The number of phosphoric ester groups is 1. The summed E-state index contributed by atoms with van der Waals surface area (Å²) in [5, 5.41) is 0. The van der Waals surface area contributed by atoms with E-state index in [4.69, 9.17) is 4.52 Å². The fraction of sp³-hybridized carbons (Fsp3) is 0.133. The zero-order chi connectivity index (χ0) is 15.3. The Labute approximate surface area is 122 Å². The van der Waals surface area contributed by atoms with Gasteiger partial charge < -0.3 is 4.89 Å². The Morgan fingerprint density at radius 3 is 2.10 bits per heavy atom. The van der Waals surface area contributed by atoms with Crippen LogP contribution in [0.3, 0.4) is 0 Å². The van der Waals surface area contributed by atoms with E-state index in [0.29, 0.717) is 11.1 Å². The first-order valence-electron chi connectivity index (χ1n) is 6.24. The van der Waals surface area contributed by atoms with Crippen molar-refractivity contribution in [3.63, 3.8) is 0 Å². The van der Waals surface area contributed by atoms with Gasteiger partial charge in [-0.05, 0) is 5.56 Å². The van der Waals surface area contributed by atoms with Gasteiger partial charge in [-0.25, -0.2) is 4.57 Å². The van der Waals surface area contributed by atoms with Crippen molar-refractivity contribution in [3.8, 4) is 0 Å². The van der Waals surface area contributed by atoms with Gasteiger partial charge in [-0.15, -0.1) is 0 Å². The molecule has 21 heavy (non-hydrogen) atoms. The monoisotopic (exact) mass is 306 g/mol. The molecule has 6 heteroatoms. The Morgan fingerprint density at radius 1 is 1.05 bits per heavy atom. The van der Waals surface area contributed by atoms with Crippen molar-refractivity contribution in [2.45, 2.75) is 6.10 Å². The number of carbonyl (C=O) groups is 1. The molecule has 0 saturated carbocycles. The van der Waals surface area contributed by atoms with E-state index in [2.05, 4.69) is 4.52 Å². The summed E-state index contributed by atoms with van der Waals surface area (Å²) < 4.78 is 21.1. The standard InChI is InChI=1S/C15H15O5P/c1-19-21(17,18)20-15(13-10-6-3-7-11-13)14(16)12-8-4-2-5-9-12/h2-11,15H,1H3,(H,17,18). The van der Waals surface area contributed by atoms with Gasteiger partial charge in [-0.1, -0.05) is 60.7 Å². The van der Waals surface area contributed by atoms with Crippen LogP contribution in [0.15, 0.2) is 60.7 Å². The molecular weight excluding hydrogens is 291 g/mol. The third-order valence-electron chi connectivity index (χ3n) is 2.87. The second kappa shape index (κ2) is 6.78. The van der Waals surface area contributed by atoms with Crippen molar-refractivity contribution < 1.29 is 23.3 Å². The van der Waals surface area contributed by atoms with Crippen LogP contribution in [-0.2, 0) is 13.6 Å². The zero-order valence-electron chi connectivity index (χ0n) is 11.4. The molecule has 0 bridgehead atoms. The summed E-state index contributed by atoms with van der Waals surface area (Å²) in [6.45, 7) is 0. The molecular formula is C15H15O5P. The fourth-order valence-electron chi connectivity index (χ4n) is 1.82. The third kappa shape index (κ3) is 4.09. The highest BCUT2D eigenvalue weighted by atomic mass is 31.2. The van der Waals surface area contributed by atoms with Gasteiger partial charge in [0.15, 0.2) is 11.9 Å². The number of hydrogen-bond acceptors (Lipinski definition) is 4. The van der Waals surface area contributed by atoms with Crippen LogP contribution in [0.25, 0.3) is 0 Å². The third-order valence-corrected chi connectivity index (χ3v) is 3.81. The van der Waals surface area contributed by atoms with E-state index in [-0.39, 0.29) is 0 Å². The minimum atomic E-state index is -4.29. The summed E-state index contributed by atoms with van der Waals surface area (Å²) in [7, 11) is -3.24. The summed E-state index contributed by atoms with van der Waals surface area (Å²) in [6.07, 6.45) is -1.20. The number of rotatable bonds is 6. The number of ketones is 1. The van der Waals surface area contributed by atoms with Crippen molar-refractivity contribution in [2.75, 3.05) is 7.11 Å². The van der Waals surface area contributed by atoms with Gasteiger partial charge in [0.1, 0.15) is 0 Å². The van der Waals surface area contributed by atoms with Gasteiger partial charge in [0.05, 0.1) is 0 Å². The molecule has 2 rings (SSSR count). The minimum Gasteiger partial charge on any atom is -0.302 e. The molecule has 2 aromatic carbocycles. The second-order valence-corrected chi connectivity index (χ2v) is 5.79. The Balaban J connectivity index is 2.37. The molecule has 5 nitrogen and oxygen atoms in total. The molecule has 0 amide bonds. The van der Waals surface area contributed by atoms with E-state index in [1.807, 2.05) is 0 Å². The molecule has 0 heterocycles. The maximum Gasteiger partial charge on any atom is 0.472 e. The second-order valence-electron chi connectivity index (χ2n) is 4.28. The lowest BCUT2D eigenvalue weighted by Gasteiger charge is -2.19. The summed E-state index contributed by atoms with van der Waals surface area (Å²) in [5.41, 5.74) is 0.875. The lowest BCUT2D eigenvalue weighted by atomic mass is 10.0. The van der Waals surface area contributed by atoms with E-state index in [1.54, 1.807) is 60.7 Å². The van der Waals surface area contributed by atoms with Gasteiger partial charge in [0.2, 0.25) is 0 Å². The van der Waals surface area contributed by atoms with Crippen LogP contribution < -0.4 is 0 Å². The molecule has 0 radical (unpaired) electrons. The average molecular weight is 306 g/mol. The number of benzene rings is 2. The molecule has 0 aliphatic rings. The fourth-order valence-corrected chi connectivity index (χ4v) is 2.39. The molecule has 0 aliphatic carbocycles. The molecule has 2 aromatic rings.